The Bertz CT molecular complexity index is 1080. The quantitative estimate of drug-likeness (QED) is 0.457. The largest absolute Gasteiger partial charge is 0.493 e. The van der Waals surface area contributed by atoms with E-state index >= 15 is 0 Å². The molecule has 1 heterocycles. The Morgan fingerprint density at radius 2 is 1.28 bits per heavy atom. The number of rotatable bonds is 6. The van der Waals surface area contributed by atoms with Gasteiger partial charge in [-0.05, 0) is 30.3 Å². The van der Waals surface area contributed by atoms with Gasteiger partial charge in [0, 0.05) is 11.4 Å². The average molecular weight is 387 g/mol. The summed E-state index contributed by atoms with van der Waals surface area (Å²) in [7, 11) is 4.76. The zero-order valence-corrected chi connectivity index (χ0v) is 16.5. The molecule has 0 amide bonds. The van der Waals surface area contributed by atoms with Crippen molar-refractivity contribution in [3.8, 4) is 17.2 Å². The number of methoxy groups -OCH3 is 3. The molecule has 4 aromatic rings. The molecule has 0 aliphatic heterocycles. The van der Waals surface area contributed by atoms with Gasteiger partial charge in [-0.2, -0.15) is 0 Å². The van der Waals surface area contributed by atoms with Gasteiger partial charge in [-0.25, -0.2) is 9.97 Å². The van der Waals surface area contributed by atoms with E-state index in [1.807, 2.05) is 66.7 Å². The van der Waals surface area contributed by atoms with Crippen LogP contribution in [0.4, 0.5) is 17.2 Å². The van der Waals surface area contributed by atoms with Crippen LogP contribution in [0.1, 0.15) is 0 Å². The second kappa shape index (κ2) is 8.06. The molecule has 0 aliphatic carbocycles. The summed E-state index contributed by atoms with van der Waals surface area (Å²) >= 11 is 0. The Hall–Kier alpha value is -3.80. The number of benzene rings is 3. The fourth-order valence-electron chi connectivity index (χ4n) is 3.38. The van der Waals surface area contributed by atoms with E-state index in [1.165, 1.54) is 6.33 Å². The van der Waals surface area contributed by atoms with Crippen LogP contribution in [0.2, 0.25) is 0 Å². The highest BCUT2D eigenvalue weighted by atomic mass is 16.5. The van der Waals surface area contributed by atoms with Gasteiger partial charge in [0.15, 0.2) is 11.5 Å². The lowest BCUT2D eigenvalue weighted by Crippen LogP contribution is -2.12. The third-order valence-corrected chi connectivity index (χ3v) is 4.65. The molecule has 0 atom stereocenters. The Morgan fingerprint density at radius 3 is 1.79 bits per heavy atom. The molecule has 1 aromatic heterocycles. The fourth-order valence-corrected chi connectivity index (χ4v) is 3.38. The normalized spacial score (nSPS) is 10.6. The first-order valence-corrected chi connectivity index (χ1v) is 9.12. The predicted octanol–water partition coefficient (Wildman–Crippen LogP) is 5.13. The van der Waals surface area contributed by atoms with Crippen LogP contribution in [-0.4, -0.2) is 31.3 Å². The second-order valence-electron chi connectivity index (χ2n) is 6.25. The van der Waals surface area contributed by atoms with E-state index in [0.717, 1.165) is 16.8 Å². The molecule has 0 radical (unpaired) electrons. The molecule has 6 nitrogen and oxygen atoms in total. The maximum atomic E-state index is 5.62. The Kier molecular flexibility index (Phi) is 5.16. The van der Waals surface area contributed by atoms with E-state index < -0.39 is 0 Å². The van der Waals surface area contributed by atoms with E-state index in [1.54, 1.807) is 21.3 Å². The molecule has 0 unspecified atom stereocenters. The molecule has 3 aromatic carbocycles. The predicted molar refractivity (Wildman–Crippen MR) is 114 cm³/mol. The van der Waals surface area contributed by atoms with Gasteiger partial charge in [-0.15, -0.1) is 0 Å². The highest BCUT2D eigenvalue weighted by molar-refractivity contribution is 6.00. The number of fused-ring (bicyclic) bond motifs is 1. The van der Waals surface area contributed by atoms with Crippen molar-refractivity contribution in [2.75, 3.05) is 26.2 Å². The molecule has 0 bridgehead atoms. The lowest BCUT2D eigenvalue weighted by Gasteiger charge is -2.26. The number of anilines is 3. The minimum absolute atomic E-state index is 0.498. The smallest absolute Gasteiger partial charge is 0.205 e. The third kappa shape index (κ3) is 3.29. The summed E-state index contributed by atoms with van der Waals surface area (Å²) in [5, 5.41) is 0.787. The number of para-hydroxylation sites is 2. The highest BCUT2D eigenvalue weighted by Gasteiger charge is 2.23. The summed E-state index contributed by atoms with van der Waals surface area (Å²) in [4.78, 5) is 11.2. The van der Waals surface area contributed by atoms with Gasteiger partial charge in [-0.3, -0.25) is 4.90 Å². The number of hydrogen-bond acceptors (Lipinski definition) is 6. The van der Waals surface area contributed by atoms with Gasteiger partial charge in [-0.1, -0.05) is 36.4 Å². The van der Waals surface area contributed by atoms with Crippen molar-refractivity contribution in [3.63, 3.8) is 0 Å². The molecule has 0 fully saturated rings. The lowest BCUT2D eigenvalue weighted by molar-refractivity contribution is 0.327. The number of aromatic nitrogens is 2. The van der Waals surface area contributed by atoms with Gasteiger partial charge >= 0.3 is 0 Å². The average Bonchev–Trinajstić information content (AvgIpc) is 2.79. The van der Waals surface area contributed by atoms with E-state index in [0.29, 0.717) is 28.6 Å². The van der Waals surface area contributed by atoms with Crippen molar-refractivity contribution >= 4 is 28.1 Å². The van der Waals surface area contributed by atoms with Crippen LogP contribution in [0.25, 0.3) is 10.9 Å². The molecule has 0 saturated heterocycles. The SMILES string of the molecule is COc1cc2c(N(c3ccccc3)c3ccccc3)ncnc2c(OC)c1OC. The molecule has 0 spiro atoms. The summed E-state index contributed by atoms with van der Waals surface area (Å²) < 4.78 is 16.7. The molecule has 146 valence electrons. The molecule has 29 heavy (non-hydrogen) atoms. The zero-order chi connectivity index (χ0) is 20.2. The molecule has 4 rings (SSSR count). The zero-order valence-electron chi connectivity index (χ0n) is 16.5. The molecule has 0 saturated carbocycles. The first-order chi connectivity index (χ1) is 14.3. The first kappa shape index (κ1) is 18.6. The molecule has 0 N–H and O–H groups in total. The van der Waals surface area contributed by atoms with Crippen LogP contribution in [0.3, 0.4) is 0 Å². The van der Waals surface area contributed by atoms with E-state index in [4.69, 9.17) is 14.2 Å². The van der Waals surface area contributed by atoms with E-state index in [9.17, 15) is 0 Å². The monoisotopic (exact) mass is 387 g/mol. The Labute approximate surface area is 169 Å². The summed E-state index contributed by atoms with van der Waals surface area (Å²) in [6.45, 7) is 0. The highest BCUT2D eigenvalue weighted by Crippen LogP contribution is 2.46. The second-order valence-corrected chi connectivity index (χ2v) is 6.25. The van der Waals surface area contributed by atoms with E-state index in [-0.39, 0.29) is 0 Å². The van der Waals surface area contributed by atoms with Crippen molar-refractivity contribution < 1.29 is 14.2 Å². The molecule has 6 heteroatoms. The van der Waals surface area contributed by atoms with Crippen molar-refractivity contribution in [2.45, 2.75) is 0 Å². The van der Waals surface area contributed by atoms with Gasteiger partial charge in [0.1, 0.15) is 17.7 Å². The van der Waals surface area contributed by atoms with E-state index in [2.05, 4.69) is 14.9 Å². The standard InChI is InChI=1S/C23H21N3O3/c1-27-19-14-18-20(22(29-3)21(19)28-2)24-15-25-23(18)26(16-10-6-4-7-11-16)17-12-8-5-9-13-17/h4-15H,1-3H3. The van der Waals surface area contributed by atoms with Crippen LogP contribution in [-0.2, 0) is 0 Å². The van der Waals surface area contributed by atoms with Crippen molar-refractivity contribution in [1.82, 2.24) is 9.97 Å². The van der Waals surface area contributed by atoms with Crippen molar-refractivity contribution in [1.29, 1.82) is 0 Å². The Morgan fingerprint density at radius 1 is 0.690 bits per heavy atom. The topological polar surface area (TPSA) is 56.7 Å². The number of ether oxygens (including phenoxy) is 3. The minimum Gasteiger partial charge on any atom is -0.493 e. The summed E-state index contributed by atoms with van der Waals surface area (Å²) in [6.07, 6.45) is 1.53. The van der Waals surface area contributed by atoms with Crippen LogP contribution >= 0.6 is 0 Å². The van der Waals surface area contributed by atoms with Crippen molar-refractivity contribution in [3.05, 3.63) is 73.1 Å². The van der Waals surface area contributed by atoms with Crippen molar-refractivity contribution in [2.24, 2.45) is 0 Å². The van der Waals surface area contributed by atoms with Crippen LogP contribution < -0.4 is 19.1 Å². The Balaban J connectivity index is 2.05. The fraction of sp³-hybridized carbons (Fsp3) is 0.130. The van der Waals surface area contributed by atoms with Crippen LogP contribution in [0.15, 0.2) is 73.1 Å². The first-order valence-electron chi connectivity index (χ1n) is 9.12. The number of hydrogen-bond donors (Lipinski definition) is 0. The van der Waals surface area contributed by atoms with Crippen LogP contribution in [0, 0.1) is 0 Å². The van der Waals surface area contributed by atoms with Gasteiger partial charge in [0.25, 0.3) is 0 Å². The minimum atomic E-state index is 0.498. The summed E-state index contributed by atoms with van der Waals surface area (Å²) in [5.41, 5.74) is 2.60. The maximum absolute atomic E-state index is 5.62. The molecular weight excluding hydrogens is 366 g/mol. The molecular formula is C23H21N3O3. The lowest BCUT2D eigenvalue weighted by atomic mass is 10.1. The number of nitrogens with zero attached hydrogens (tertiary/aromatic N) is 3. The third-order valence-electron chi connectivity index (χ3n) is 4.65. The van der Waals surface area contributed by atoms with Gasteiger partial charge in [0.05, 0.1) is 26.7 Å². The summed E-state index contributed by atoms with van der Waals surface area (Å²) in [6, 6.07) is 22.0. The summed E-state index contributed by atoms with van der Waals surface area (Å²) in [5.74, 6) is 2.27. The van der Waals surface area contributed by atoms with Crippen LogP contribution in [0.5, 0.6) is 17.2 Å². The van der Waals surface area contributed by atoms with Gasteiger partial charge < -0.3 is 14.2 Å². The van der Waals surface area contributed by atoms with Gasteiger partial charge in [0.2, 0.25) is 5.75 Å². The maximum Gasteiger partial charge on any atom is 0.205 e. The molecule has 0 aliphatic rings.